The van der Waals surface area contributed by atoms with Crippen molar-refractivity contribution >= 4 is 33.0 Å². The van der Waals surface area contributed by atoms with Crippen LogP contribution in [0.2, 0.25) is 0 Å². The Morgan fingerprint density at radius 2 is 2.50 bits per heavy atom. The van der Waals surface area contributed by atoms with E-state index in [1.165, 1.54) is 0 Å². The van der Waals surface area contributed by atoms with Crippen LogP contribution in [0.3, 0.4) is 0 Å². The van der Waals surface area contributed by atoms with E-state index in [2.05, 4.69) is 15.9 Å². The summed E-state index contributed by atoms with van der Waals surface area (Å²) in [4.78, 5) is 11.8. The molecule has 1 atom stereocenters. The lowest BCUT2D eigenvalue weighted by molar-refractivity contribution is 0.0775. The number of carbonyl (C=O) groups excluding carboxylic acids is 1. The fourth-order valence-electron chi connectivity index (χ4n) is 1.60. The molecule has 2 rings (SSSR count). The van der Waals surface area contributed by atoms with Crippen LogP contribution in [0, 0.1) is 0 Å². The number of hydrogen-bond acceptors (Lipinski definition) is 3. The molecule has 2 heterocycles. The number of Topliss-reactive ketones (excluding diaryl/α,β-unsaturated/α-hetero) is 1. The first-order valence-corrected chi connectivity index (χ1v) is 6.37. The van der Waals surface area contributed by atoms with E-state index in [9.17, 15) is 4.79 Å². The summed E-state index contributed by atoms with van der Waals surface area (Å²) < 4.78 is 6.34. The molecule has 0 amide bonds. The van der Waals surface area contributed by atoms with Crippen molar-refractivity contribution in [2.45, 2.75) is 25.4 Å². The largest absolute Gasteiger partial charge is 0.378 e. The van der Waals surface area contributed by atoms with Crippen LogP contribution < -0.4 is 0 Å². The molecule has 0 saturated carbocycles. The standard InChI is InChI=1S/C10H11BrO2S/c11-9-6-14-5-8(9)10(12)4-7-2-1-3-13-7/h5-7H,1-4H2. The van der Waals surface area contributed by atoms with E-state index < -0.39 is 0 Å². The van der Waals surface area contributed by atoms with Gasteiger partial charge in [-0.25, -0.2) is 0 Å². The summed E-state index contributed by atoms with van der Waals surface area (Å²) in [6.45, 7) is 0.808. The van der Waals surface area contributed by atoms with Gasteiger partial charge in [-0.15, -0.1) is 0 Å². The van der Waals surface area contributed by atoms with E-state index in [-0.39, 0.29) is 11.9 Å². The molecular formula is C10H11BrO2S. The zero-order valence-corrected chi connectivity index (χ0v) is 10.1. The first-order chi connectivity index (χ1) is 6.77. The van der Waals surface area contributed by atoms with Crippen molar-refractivity contribution in [1.29, 1.82) is 0 Å². The van der Waals surface area contributed by atoms with Crippen LogP contribution in [0.5, 0.6) is 0 Å². The maximum Gasteiger partial charge on any atom is 0.167 e. The molecule has 1 unspecified atom stereocenters. The van der Waals surface area contributed by atoms with Gasteiger partial charge in [0.25, 0.3) is 0 Å². The van der Waals surface area contributed by atoms with Gasteiger partial charge in [0.2, 0.25) is 0 Å². The Morgan fingerprint density at radius 1 is 1.64 bits per heavy atom. The summed E-state index contributed by atoms with van der Waals surface area (Å²) in [5.41, 5.74) is 0.797. The molecule has 1 aliphatic heterocycles. The summed E-state index contributed by atoms with van der Waals surface area (Å²) in [6, 6.07) is 0. The van der Waals surface area contributed by atoms with Gasteiger partial charge in [0.1, 0.15) is 0 Å². The average molecular weight is 275 g/mol. The van der Waals surface area contributed by atoms with E-state index in [1.54, 1.807) is 11.3 Å². The van der Waals surface area contributed by atoms with Gasteiger partial charge in [-0.05, 0) is 28.8 Å². The average Bonchev–Trinajstić information content (AvgIpc) is 2.75. The van der Waals surface area contributed by atoms with Crippen LogP contribution in [-0.4, -0.2) is 18.5 Å². The maximum atomic E-state index is 11.8. The van der Waals surface area contributed by atoms with Crippen LogP contribution in [0.1, 0.15) is 29.6 Å². The van der Waals surface area contributed by atoms with E-state index in [0.717, 1.165) is 29.5 Å². The minimum Gasteiger partial charge on any atom is -0.378 e. The molecule has 4 heteroatoms. The molecule has 1 fully saturated rings. The van der Waals surface area contributed by atoms with Crippen molar-refractivity contribution in [1.82, 2.24) is 0 Å². The third-order valence-corrected chi connectivity index (χ3v) is 4.05. The van der Waals surface area contributed by atoms with Gasteiger partial charge in [0.15, 0.2) is 5.78 Å². The topological polar surface area (TPSA) is 26.3 Å². The lowest BCUT2D eigenvalue weighted by Gasteiger charge is -2.07. The molecule has 0 radical (unpaired) electrons. The van der Waals surface area contributed by atoms with Crippen LogP contribution >= 0.6 is 27.3 Å². The summed E-state index contributed by atoms with van der Waals surface area (Å²) in [5.74, 6) is 0.185. The van der Waals surface area contributed by atoms with E-state index in [1.807, 2.05) is 10.8 Å². The monoisotopic (exact) mass is 274 g/mol. The maximum absolute atomic E-state index is 11.8. The lowest BCUT2D eigenvalue weighted by Crippen LogP contribution is -2.12. The molecule has 1 aliphatic rings. The molecule has 0 spiro atoms. The quantitative estimate of drug-likeness (QED) is 0.791. The van der Waals surface area contributed by atoms with Crippen molar-refractivity contribution in [3.05, 3.63) is 20.8 Å². The Balaban J connectivity index is 1.98. The molecule has 76 valence electrons. The zero-order chi connectivity index (χ0) is 9.97. The van der Waals surface area contributed by atoms with Crippen molar-refractivity contribution in [3.8, 4) is 0 Å². The van der Waals surface area contributed by atoms with Gasteiger partial charge < -0.3 is 4.74 Å². The Hall–Kier alpha value is -0.190. The van der Waals surface area contributed by atoms with Crippen molar-refractivity contribution in [2.24, 2.45) is 0 Å². The molecule has 14 heavy (non-hydrogen) atoms. The van der Waals surface area contributed by atoms with Crippen molar-refractivity contribution in [2.75, 3.05) is 6.61 Å². The number of ether oxygens (including phenoxy) is 1. The SMILES string of the molecule is O=C(CC1CCCO1)c1cscc1Br. The van der Waals surface area contributed by atoms with E-state index in [0.29, 0.717) is 6.42 Å². The normalized spacial score (nSPS) is 21.4. The van der Waals surface area contributed by atoms with Gasteiger partial charge in [-0.2, -0.15) is 11.3 Å². The minimum atomic E-state index is 0.147. The predicted molar refractivity (Wildman–Crippen MR) is 59.9 cm³/mol. The Kier molecular flexibility index (Phi) is 3.36. The van der Waals surface area contributed by atoms with E-state index >= 15 is 0 Å². The summed E-state index contributed by atoms with van der Waals surface area (Å²) in [5, 5.41) is 3.82. The Bertz CT molecular complexity index is 329. The smallest absolute Gasteiger partial charge is 0.167 e. The number of rotatable bonds is 3. The van der Waals surface area contributed by atoms with Crippen LogP contribution in [0.15, 0.2) is 15.2 Å². The highest BCUT2D eigenvalue weighted by atomic mass is 79.9. The molecule has 2 nitrogen and oxygen atoms in total. The molecule has 0 N–H and O–H groups in total. The summed E-state index contributed by atoms with van der Waals surface area (Å²) in [7, 11) is 0. The highest BCUT2D eigenvalue weighted by molar-refractivity contribution is 9.10. The minimum absolute atomic E-state index is 0.147. The molecule has 0 bridgehead atoms. The first-order valence-electron chi connectivity index (χ1n) is 4.64. The number of carbonyl (C=O) groups is 1. The van der Waals surface area contributed by atoms with Gasteiger partial charge >= 0.3 is 0 Å². The fraction of sp³-hybridized carbons (Fsp3) is 0.500. The molecule has 0 aliphatic carbocycles. The van der Waals surface area contributed by atoms with Crippen LogP contribution in [0.25, 0.3) is 0 Å². The molecular weight excluding hydrogens is 264 g/mol. The number of ketones is 1. The fourth-order valence-corrected chi connectivity index (χ4v) is 3.12. The zero-order valence-electron chi connectivity index (χ0n) is 7.66. The summed E-state index contributed by atoms with van der Waals surface area (Å²) >= 11 is 4.91. The highest BCUT2D eigenvalue weighted by Crippen LogP contribution is 2.25. The Labute approximate surface area is 95.4 Å². The van der Waals surface area contributed by atoms with Crippen LogP contribution in [0.4, 0.5) is 0 Å². The second-order valence-corrected chi connectivity index (χ2v) is 4.99. The third-order valence-electron chi connectivity index (χ3n) is 2.35. The number of halogens is 1. The second kappa shape index (κ2) is 4.55. The van der Waals surface area contributed by atoms with Gasteiger partial charge in [-0.1, -0.05) is 0 Å². The van der Waals surface area contributed by atoms with Gasteiger partial charge in [0, 0.05) is 33.8 Å². The predicted octanol–water partition coefficient (Wildman–Crippen LogP) is 3.26. The van der Waals surface area contributed by atoms with E-state index in [4.69, 9.17) is 4.74 Å². The van der Waals surface area contributed by atoms with Gasteiger partial charge in [0.05, 0.1) is 6.10 Å². The number of thiophene rings is 1. The lowest BCUT2D eigenvalue weighted by atomic mass is 10.1. The number of hydrogen-bond donors (Lipinski definition) is 0. The van der Waals surface area contributed by atoms with Crippen molar-refractivity contribution in [3.63, 3.8) is 0 Å². The molecule has 0 aromatic carbocycles. The molecule has 1 aromatic rings. The highest BCUT2D eigenvalue weighted by Gasteiger charge is 2.21. The first kappa shape index (κ1) is 10.3. The van der Waals surface area contributed by atoms with Gasteiger partial charge in [-0.3, -0.25) is 4.79 Å². The Morgan fingerprint density at radius 3 is 3.07 bits per heavy atom. The van der Waals surface area contributed by atoms with Crippen LogP contribution in [-0.2, 0) is 4.74 Å². The van der Waals surface area contributed by atoms with Crippen molar-refractivity contribution < 1.29 is 9.53 Å². The summed E-state index contributed by atoms with van der Waals surface area (Å²) in [6.07, 6.45) is 2.78. The third kappa shape index (κ3) is 2.24. The molecule has 1 saturated heterocycles. The second-order valence-electron chi connectivity index (χ2n) is 3.40. The molecule has 1 aromatic heterocycles.